The number of likely N-dealkylation sites (N-methyl/N-ethyl adjacent to an activating group) is 1. The van der Waals surface area contributed by atoms with E-state index < -0.39 is 0 Å². The van der Waals surface area contributed by atoms with Crippen LogP contribution in [0.25, 0.3) is 0 Å². The summed E-state index contributed by atoms with van der Waals surface area (Å²) in [4.78, 5) is 12.1. The van der Waals surface area contributed by atoms with Gasteiger partial charge in [0, 0.05) is 18.2 Å². The molecule has 1 aromatic rings. The molecule has 1 aromatic carbocycles. The average Bonchev–Trinajstić information content (AvgIpc) is 2.50. The van der Waals surface area contributed by atoms with Crippen molar-refractivity contribution < 1.29 is 14.3 Å². The molecule has 22 heavy (non-hydrogen) atoms. The molecule has 0 fully saturated rings. The molecule has 6 heteroatoms. The maximum atomic E-state index is 12.1. The van der Waals surface area contributed by atoms with Crippen molar-refractivity contribution in [2.45, 2.75) is 19.9 Å². The molecule has 0 aromatic heterocycles. The molecule has 0 spiro atoms. The Morgan fingerprint density at radius 2 is 2.14 bits per heavy atom. The third-order valence-corrected chi connectivity index (χ3v) is 2.90. The van der Waals surface area contributed by atoms with E-state index in [1.807, 2.05) is 13.8 Å². The van der Waals surface area contributed by atoms with Crippen LogP contribution in [0.2, 0.25) is 0 Å². The second-order valence-electron chi connectivity index (χ2n) is 4.63. The van der Waals surface area contributed by atoms with E-state index in [0.29, 0.717) is 30.2 Å². The predicted octanol–water partition coefficient (Wildman–Crippen LogP) is 2.41. The summed E-state index contributed by atoms with van der Waals surface area (Å²) in [6.07, 6.45) is 1.65. The molecule has 0 radical (unpaired) electrons. The SMILES string of the molecule is C=CCOc1ccc(C(=O)NC[C@@H](C)NCC)cc1OC.Cl. The van der Waals surface area contributed by atoms with Gasteiger partial charge in [-0.25, -0.2) is 0 Å². The van der Waals surface area contributed by atoms with Gasteiger partial charge in [-0.3, -0.25) is 4.79 Å². The fourth-order valence-corrected chi connectivity index (χ4v) is 1.85. The van der Waals surface area contributed by atoms with Crippen molar-refractivity contribution in [1.29, 1.82) is 0 Å². The van der Waals surface area contributed by atoms with Gasteiger partial charge >= 0.3 is 0 Å². The Morgan fingerprint density at radius 3 is 2.73 bits per heavy atom. The number of carbonyl (C=O) groups excluding carboxylic acids is 1. The summed E-state index contributed by atoms with van der Waals surface area (Å²) in [6, 6.07) is 5.35. The van der Waals surface area contributed by atoms with Crippen LogP contribution in [0, 0.1) is 0 Å². The van der Waals surface area contributed by atoms with E-state index in [1.165, 1.54) is 0 Å². The number of hydrogen-bond donors (Lipinski definition) is 2. The Labute approximate surface area is 138 Å². The molecule has 1 amide bonds. The highest BCUT2D eigenvalue weighted by molar-refractivity contribution is 5.94. The van der Waals surface area contributed by atoms with Crippen LogP contribution in [-0.4, -0.2) is 38.8 Å². The number of hydrogen-bond acceptors (Lipinski definition) is 4. The van der Waals surface area contributed by atoms with E-state index in [4.69, 9.17) is 9.47 Å². The molecule has 0 aliphatic rings. The van der Waals surface area contributed by atoms with E-state index in [2.05, 4.69) is 17.2 Å². The monoisotopic (exact) mass is 328 g/mol. The number of amides is 1. The van der Waals surface area contributed by atoms with E-state index in [0.717, 1.165) is 6.54 Å². The van der Waals surface area contributed by atoms with Gasteiger partial charge in [0.05, 0.1) is 7.11 Å². The zero-order valence-corrected chi connectivity index (χ0v) is 14.2. The first-order valence-corrected chi connectivity index (χ1v) is 7.05. The maximum Gasteiger partial charge on any atom is 0.251 e. The third kappa shape index (κ3) is 6.37. The van der Waals surface area contributed by atoms with E-state index in [1.54, 1.807) is 31.4 Å². The summed E-state index contributed by atoms with van der Waals surface area (Å²) in [5, 5.41) is 6.12. The number of rotatable bonds is 9. The van der Waals surface area contributed by atoms with E-state index in [9.17, 15) is 4.79 Å². The van der Waals surface area contributed by atoms with Gasteiger partial charge in [0.1, 0.15) is 6.61 Å². The van der Waals surface area contributed by atoms with Crippen LogP contribution in [-0.2, 0) is 0 Å². The summed E-state index contributed by atoms with van der Waals surface area (Å²) < 4.78 is 10.7. The molecule has 1 atom stereocenters. The van der Waals surface area contributed by atoms with Crippen molar-refractivity contribution in [2.75, 3.05) is 26.8 Å². The fourth-order valence-electron chi connectivity index (χ4n) is 1.85. The standard InChI is InChI=1S/C16H24N2O3.ClH/c1-5-9-21-14-8-7-13(10-15(14)20-4)16(19)18-11-12(3)17-6-2;/h5,7-8,10,12,17H,1,6,9,11H2,2-4H3,(H,18,19);1H/t12-;/m1./s1. The molecule has 0 saturated heterocycles. The summed E-state index contributed by atoms with van der Waals surface area (Å²) in [6.45, 7) is 9.49. The molecule has 0 aliphatic carbocycles. The predicted molar refractivity (Wildman–Crippen MR) is 91.4 cm³/mol. The van der Waals surface area contributed by atoms with Crippen LogP contribution in [0.1, 0.15) is 24.2 Å². The minimum atomic E-state index is -0.131. The normalized spacial score (nSPS) is 11.0. The highest BCUT2D eigenvalue weighted by Crippen LogP contribution is 2.28. The van der Waals surface area contributed by atoms with Gasteiger partial charge < -0.3 is 20.1 Å². The van der Waals surface area contributed by atoms with Crippen molar-refractivity contribution in [1.82, 2.24) is 10.6 Å². The number of benzene rings is 1. The Bertz CT molecular complexity index is 480. The first-order chi connectivity index (χ1) is 10.1. The minimum absolute atomic E-state index is 0. The fraction of sp³-hybridized carbons (Fsp3) is 0.438. The van der Waals surface area contributed by atoms with Crippen LogP contribution in [0.5, 0.6) is 11.5 Å². The summed E-state index contributed by atoms with van der Waals surface area (Å²) in [7, 11) is 1.55. The first kappa shape index (κ1) is 20.3. The van der Waals surface area contributed by atoms with Crippen LogP contribution >= 0.6 is 12.4 Å². The molecule has 2 N–H and O–H groups in total. The Balaban J connectivity index is 0.00000441. The number of halogens is 1. The molecule has 0 heterocycles. The molecule has 0 aliphatic heterocycles. The van der Waals surface area contributed by atoms with Crippen molar-refractivity contribution in [3.63, 3.8) is 0 Å². The van der Waals surface area contributed by atoms with Gasteiger partial charge in [0.15, 0.2) is 11.5 Å². The number of methoxy groups -OCH3 is 1. The van der Waals surface area contributed by atoms with Crippen LogP contribution < -0.4 is 20.1 Å². The van der Waals surface area contributed by atoms with Crippen molar-refractivity contribution in [3.05, 3.63) is 36.4 Å². The van der Waals surface area contributed by atoms with Crippen LogP contribution in [0.15, 0.2) is 30.9 Å². The number of nitrogens with one attached hydrogen (secondary N) is 2. The van der Waals surface area contributed by atoms with Gasteiger partial charge in [-0.15, -0.1) is 12.4 Å². The average molecular weight is 329 g/mol. The van der Waals surface area contributed by atoms with Gasteiger partial charge in [-0.2, -0.15) is 0 Å². The molecule has 0 bridgehead atoms. The third-order valence-electron chi connectivity index (χ3n) is 2.90. The first-order valence-electron chi connectivity index (χ1n) is 7.05. The summed E-state index contributed by atoms with van der Waals surface area (Å²) in [5.41, 5.74) is 0.543. The van der Waals surface area contributed by atoms with Gasteiger partial charge in [0.25, 0.3) is 5.91 Å². The molecule has 1 rings (SSSR count). The lowest BCUT2D eigenvalue weighted by Crippen LogP contribution is -2.38. The molecular weight excluding hydrogens is 304 g/mol. The minimum Gasteiger partial charge on any atom is -0.493 e. The second-order valence-corrected chi connectivity index (χ2v) is 4.63. The largest absolute Gasteiger partial charge is 0.493 e. The second kappa shape index (κ2) is 10.9. The topological polar surface area (TPSA) is 59.6 Å². The highest BCUT2D eigenvalue weighted by atomic mass is 35.5. The van der Waals surface area contributed by atoms with Gasteiger partial charge in [-0.1, -0.05) is 19.6 Å². The molecule has 124 valence electrons. The highest BCUT2D eigenvalue weighted by Gasteiger charge is 2.11. The van der Waals surface area contributed by atoms with Gasteiger partial charge in [-0.05, 0) is 31.7 Å². The van der Waals surface area contributed by atoms with Crippen molar-refractivity contribution in [2.24, 2.45) is 0 Å². The van der Waals surface area contributed by atoms with Crippen LogP contribution in [0.4, 0.5) is 0 Å². The molecular formula is C16H25ClN2O3. The lowest BCUT2D eigenvalue weighted by Gasteiger charge is -2.14. The van der Waals surface area contributed by atoms with Gasteiger partial charge in [0.2, 0.25) is 0 Å². The van der Waals surface area contributed by atoms with Crippen molar-refractivity contribution >= 4 is 18.3 Å². The van der Waals surface area contributed by atoms with Crippen LogP contribution in [0.3, 0.4) is 0 Å². The Kier molecular flexibility index (Phi) is 10.1. The smallest absolute Gasteiger partial charge is 0.251 e. The van der Waals surface area contributed by atoms with E-state index in [-0.39, 0.29) is 24.4 Å². The summed E-state index contributed by atoms with van der Waals surface area (Å²) in [5.74, 6) is 0.993. The molecule has 0 unspecified atom stereocenters. The zero-order chi connectivity index (χ0) is 15.7. The quantitative estimate of drug-likeness (QED) is 0.683. The molecule has 5 nitrogen and oxygen atoms in total. The summed E-state index contributed by atoms with van der Waals surface area (Å²) >= 11 is 0. The van der Waals surface area contributed by atoms with E-state index >= 15 is 0 Å². The lowest BCUT2D eigenvalue weighted by molar-refractivity contribution is 0.0950. The maximum absolute atomic E-state index is 12.1. The Morgan fingerprint density at radius 1 is 1.41 bits per heavy atom. The Hall–Kier alpha value is -1.72. The molecule has 0 saturated carbocycles. The zero-order valence-electron chi connectivity index (χ0n) is 13.3. The lowest BCUT2D eigenvalue weighted by atomic mass is 10.2. The number of ether oxygens (including phenoxy) is 2. The number of carbonyl (C=O) groups is 1. The van der Waals surface area contributed by atoms with Crippen molar-refractivity contribution in [3.8, 4) is 11.5 Å².